The number of aldehydes is 1. The van der Waals surface area contributed by atoms with Crippen molar-refractivity contribution in [1.82, 2.24) is 0 Å². The molecule has 0 spiro atoms. The van der Waals surface area contributed by atoms with Crippen molar-refractivity contribution < 1.29 is 35.1 Å². The standard InChI is InChI=1S/C6H12O6.CH2O.Na.H/c7-1-3(9)5(11)6(12)4(10)2-8;1-2;;/h1,3-6,8-12H,2H2;1H2;;/t3-,4+,5+,6+;;;/m0.../s1. The zero-order valence-corrected chi connectivity index (χ0v) is 7.35. The number of rotatable bonds is 5. The molecule has 0 rings (SSSR count). The fourth-order valence-electron chi connectivity index (χ4n) is 0.618. The summed E-state index contributed by atoms with van der Waals surface area (Å²) < 4.78 is 0. The zero-order valence-electron chi connectivity index (χ0n) is 7.35. The Kier molecular flexibility index (Phi) is 16.7. The van der Waals surface area contributed by atoms with E-state index in [1.807, 2.05) is 6.79 Å². The van der Waals surface area contributed by atoms with Crippen LogP contribution in [0.5, 0.6) is 0 Å². The summed E-state index contributed by atoms with van der Waals surface area (Å²) in [6.45, 7) is 1.24. The molecule has 7 nitrogen and oxygen atoms in total. The summed E-state index contributed by atoms with van der Waals surface area (Å²) in [6, 6.07) is 0. The van der Waals surface area contributed by atoms with E-state index in [9.17, 15) is 4.79 Å². The average Bonchev–Trinajstić information content (AvgIpc) is 2.27. The molecule has 0 radical (unpaired) electrons. The first-order chi connectivity index (χ1) is 6.54. The number of aliphatic hydroxyl groups excluding tert-OH is 5. The van der Waals surface area contributed by atoms with E-state index in [1.165, 1.54) is 0 Å². The van der Waals surface area contributed by atoms with Gasteiger partial charge in [0.25, 0.3) is 0 Å². The maximum atomic E-state index is 9.90. The van der Waals surface area contributed by atoms with Gasteiger partial charge in [-0.2, -0.15) is 0 Å². The van der Waals surface area contributed by atoms with Crippen LogP contribution in [0.15, 0.2) is 0 Å². The molecule has 0 aliphatic carbocycles. The Morgan fingerprint density at radius 2 is 1.47 bits per heavy atom. The summed E-state index contributed by atoms with van der Waals surface area (Å²) in [7, 11) is 0. The Balaban J connectivity index is -0.000000449. The quantitative estimate of drug-likeness (QED) is 0.240. The van der Waals surface area contributed by atoms with Crippen LogP contribution in [0, 0.1) is 0 Å². The molecule has 0 fully saturated rings. The molecule has 0 aromatic carbocycles. The molecule has 0 saturated heterocycles. The number of carbonyl (C=O) groups excluding carboxylic acids is 2. The second kappa shape index (κ2) is 12.2. The molecule has 15 heavy (non-hydrogen) atoms. The first kappa shape index (κ1) is 20.5. The Labute approximate surface area is 109 Å². The Morgan fingerprint density at radius 3 is 1.73 bits per heavy atom. The molecule has 5 N–H and O–H groups in total. The van der Waals surface area contributed by atoms with Crippen LogP contribution in [-0.4, -0.2) is 99.2 Å². The number of carbonyl (C=O) groups is 2. The molecule has 0 heterocycles. The van der Waals surface area contributed by atoms with Crippen LogP contribution in [-0.2, 0) is 9.59 Å². The van der Waals surface area contributed by atoms with Gasteiger partial charge in [0, 0.05) is 0 Å². The minimum absolute atomic E-state index is 0. The van der Waals surface area contributed by atoms with Gasteiger partial charge in [-0.1, -0.05) is 0 Å². The van der Waals surface area contributed by atoms with Crippen LogP contribution < -0.4 is 0 Å². The van der Waals surface area contributed by atoms with Crippen molar-refractivity contribution in [2.45, 2.75) is 24.4 Å². The van der Waals surface area contributed by atoms with Gasteiger partial charge in [0.15, 0.2) is 6.29 Å². The molecule has 0 aromatic heterocycles. The van der Waals surface area contributed by atoms with E-state index in [2.05, 4.69) is 0 Å². The molecule has 0 bridgehead atoms. The molecule has 8 heteroatoms. The van der Waals surface area contributed by atoms with Crippen molar-refractivity contribution >= 4 is 42.6 Å². The van der Waals surface area contributed by atoms with E-state index in [4.69, 9.17) is 30.3 Å². The van der Waals surface area contributed by atoms with Gasteiger partial charge in [0.2, 0.25) is 0 Å². The van der Waals surface area contributed by atoms with Crippen LogP contribution in [0.25, 0.3) is 0 Å². The van der Waals surface area contributed by atoms with Crippen LogP contribution in [0.1, 0.15) is 0 Å². The van der Waals surface area contributed by atoms with E-state index in [0.717, 1.165) is 0 Å². The monoisotopic (exact) mass is 234 g/mol. The van der Waals surface area contributed by atoms with Crippen LogP contribution in [0.4, 0.5) is 0 Å². The second-order valence-corrected chi connectivity index (χ2v) is 2.36. The van der Waals surface area contributed by atoms with Gasteiger partial charge in [-0.05, 0) is 0 Å². The fourth-order valence-corrected chi connectivity index (χ4v) is 0.618. The first-order valence-corrected chi connectivity index (χ1v) is 3.61. The summed E-state index contributed by atoms with van der Waals surface area (Å²) in [5.41, 5.74) is 0. The topological polar surface area (TPSA) is 135 Å². The fraction of sp³-hybridized carbons (Fsp3) is 0.714. The summed E-state index contributed by atoms with van der Waals surface area (Å²) in [6.07, 6.45) is -6.84. The predicted molar refractivity (Wildman–Crippen MR) is 51.4 cm³/mol. The van der Waals surface area contributed by atoms with Gasteiger partial charge in [-0.3, -0.25) is 0 Å². The van der Waals surface area contributed by atoms with E-state index in [1.54, 1.807) is 0 Å². The molecule has 4 atom stereocenters. The SMILES string of the molecule is C=O.O=C[C@H](O)[C@@H](O)[C@H](O)[C@H](O)CO.[NaH]. The molecular formula is C7H15NaO7. The summed E-state index contributed by atoms with van der Waals surface area (Å²) >= 11 is 0. The summed E-state index contributed by atoms with van der Waals surface area (Å²) in [4.78, 5) is 17.9. The van der Waals surface area contributed by atoms with Gasteiger partial charge < -0.3 is 35.1 Å². The molecular weight excluding hydrogens is 219 g/mol. The Bertz CT molecular complexity index is 156. The van der Waals surface area contributed by atoms with Crippen molar-refractivity contribution in [1.29, 1.82) is 0 Å². The molecule has 0 aliphatic heterocycles. The van der Waals surface area contributed by atoms with E-state index < -0.39 is 31.0 Å². The second-order valence-electron chi connectivity index (χ2n) is 2.36. The number of aliphatic hydroxyl groups is 5. The maximum absolute atomic E-state index is 9.90. The first-order valence-electron chi connectivity index (χ1n) is 3.61. The van der Waals surface area contributed by atoms with Crippen molar-refractivity contribution in [2.75, 3.05) is 6.61 Å². The normalized spacial score (nSPS) is 17.1. The molecule has 0 aromatic rings. The molecule has 0 unspecified atom stereocenters. The van der Waals surface area contributed by atoms with Gasteiger partial charge in [0.05, 0.1) is 6.61 Å². The van der Waals surface area contributed by atoms with Crippen molar-refractivity contribution in [3.63, 3.8) is 0 Å². The molecule has 0 saturated carbocycles. The minimum atomic E-state index is -1.79. The Morgan fingerprint density at radius 1 is 1.07 bits per heavy atom. The third kappa shape index (κ3) is 8.00. The van der Waals surface area contributed by atoms with Crippen molar-refractivity contribution in [3.05, 3.63) is 0 Å². The zero-order chi connectivity index (χ0) is 11.7. The van der Waals surface area contributed by atoms with Crippen molar-refractivity contribution in [3.8, 4) is 0 Å². The third-order valence-electron chi connectivity index (χ3n) is 1.42. The van der Waals surface area contributed by atoms with E-state index in [-0.39, 0.29) is 35.8 Å². The van der Waals surface area contributed by atoms with Crippen LogP contribution in [0.2, 0.25) is 0 Å². The van der Waals surface area contributed by atoms with E-state index >= 15 is 0 Å². The van der Waals surface area contributed by atoms with Gasteiger partial charge in [-0.25, -0.2) is 0 Å². The van der Waals surface area contributed by atoms with Gasteiger partial charge in [0.1, 0.15) is 31.2 Å². The third-order valence-corrected chi connectivity index (χ3v) is 1.42. The van der Waals surface area contributed by atoms with Gasteiger partial charge in [-0.15, -0.1) is 0 Å². The van der Waals surface area contributed by atoms with Crippen LogP contribution >= 0.6 is 0 Å². The Hall–Kier alpha value is 0.140. The van der Waals surface area contributed by atoms with Crippen LogP contribution in [0.3, 0.4) is 0 Å². The molecule has 0 aliphatic rings. The number of hydrogen-bond donors (Lipinski definition) is 5. The summed E-state index contributed by atoms with van der Waals surface area (Å²) in [5.74, 6) is 0. The molecule has 86 valence electrons. The van der Waals surface area contributed by atoms with Gasteiger partial charge >= 0.3 is 29.6 Å². The number of hydrogen-bond acceptors (Lipinski definition) is 7. The van der Waals surface area contributed by atoms with Crippen molar-refractivity contribution in [2.24, 2.45) is 0 Å². The summed E-state index contributed by atoms with van der Waals surface area (Å²) in [5, 5.41) is 43.5. The van der Waals surface area contributed by atoms with E-state index in [0.29, 0.717) is 0 Å². The average molecular weight is 234 g/mol. The molecule has 0 amide bonds. The predicted octanol–water partition coefficient (Wildman–Crippen LogP) is -4.21.